The maximum Gasteiger partial charge on any atom is 0.270 e. The van der Waals surface area contributed by atoms with Crippen LogP contribution in [-0.4, -0.2) is 40.7 Å². The molecule has 4 N–H and O–H groups in total. The SMILES string of the molecule is NC(=O)C12CC3CC(CC(NC(=O)c4cc(OCCO)ccn4)(C3)C1)C2. The first-order valence-electron chi connectivity index (χ1n) is 9.26. The molecule has 4 fully saturated rings. The molecule has 0 saturated heterocycles. The van der Waals surface area contributed by atoms with E-state index < -0.39 is 5.41 Å². The lowest BCUT2D eigenvalue weighted by Crippen LogP contribution is -2.65. The van der Waals surface area contributed by atoms with Crippen LogP contribution in [0.5, 0.6) is 5.75 Å². The highest BCUT2D eigenvalue weighted by Gasteiger charge is 2.60. The van der Waals surface area contributed by atoms with Crippen molar-refractivity contribution in [1.29, 1.82) is 0 Å². The molecular formula is C19H25N3O4. The molecule has 0 radical (unpaired) electrons. The quantitative estimate of drug-likeness (QED) is 0.701. The van der Waals surface area contributed by atoms with Crippen molar-refractivity contribution in [3.63, 3.8) is 0 Å². The minimum absolute atomic E-state index is 0.0923. The second kappa shape index (κ2) is 6.23. The first-order chi connectivity index (χ1) is 12.4. The standard InChI is InChI=1S/C19H25N3O4/c20-17(25)18-7-12-5-13(8-18)10-19(9-12,11-18)22-16(24)15-6-14(1-2-21-15)26-4-3-23/h1-2,6,12-13,23H,3-5,7-11H2,(H2,20,25)(H,22,24). The Balaban J connectivity index is 1.53. The molecular weight excluding hydrogens is 334 g/mol. The number of primary amides is 1. The van der Waals surface area contributed by atoms with Gasteiger partial charge in [-0.2, -0.15) is 0 Å². The summed E-state index contributed by atoms with van der Waals surface area (Å²) in [6.07, 6.45) is 6.82. The number of pyridine rings is 1. The Labute approximate surface area is 152 Å². The fourth-order valence-electron chi connectivity index (χ4n) is 5.79. The largest absolute Gasteiger partial charge is 0.491 e. The van der Waals surface area contributed by atoms with Crippen LogP contribution in [0.3, 0.4) is 0 Å². The van der Waals surface area contributed by atoms with Gasteiger partial charge in [0.1, 0.15) is 18.1 Å². The van der Waals surface area contributed by atoms with Crippen LogP contribution in [0.2, 0.25) is 0 Å². The van der Waals surface area contributed by atoms with Crippen LogP contribution in [0.15, 0.2) is 18.3 Å². The van der Waals surface area contributed by atoms with Crippen LogP contribution in [0.1, 0.15) is 49.0 Å². The number of aliphatic hydroxyl groups excluding tert-OH is 1. The fourth-order valence-corrected chi connectivity index (χ4v) is 5.79. The number of amides is 2. The van der Waals surface area contributed by atoms with E-state index in [0.29, 0.717) is 24.0 Å². The van der Waals surface area contributed by atoms with E-state index in [1.807, 2.05) is 0 Å². The summed E-state index contributed by atoms with van der Waals surface area (Å²) in [6, 6.07) is 3.23. The summed E-state index contributed by atoms with van der Waals surface area (Å²) in [4.78, 5) is 29.1. The third kappa shape index (κ3) is 2.94. The zero-order chi connectivity index (χ0) is 18.4. The minimum Gasteiger partial charge on any atom is -0.491 e. The molecule has 7 heteroatoms. The van der Waals surface area contributed by atoms with E-state index >= 15 is 0 Å². The molecule has 1 heterocycles. The number of carbonyl (C=O) groups excluding carboxylic acids is 2. The highest BCUT2D eigenvalue weighted by Crippen LogP contribution is 2.61. The maximum absolute atomic E-state index is 12.8. The summed E-state index contributed by atoms with van der Waals surface area (Å²) >= 11 is 0. The number of carbonyl (C=O) groups is 2. The topological polar surface area (TPSA) is 115 Å². The van der Waals surface area contributed by atoms with Crippen LogP contribution in [0.4, 0.5) is 0 Å². The molecule has 26 heavy (non-hydrogen) atoms. The molecule has 7 nitrogen and oxygen atoms in total. The third-order valence-corrected chi connectivity index (χ3v) is 6.29. The van der Waals surface area contributed by atoms with Crippen molar-refractivity contribution >= 4 is 11.8 Å². The van der Waals surface area contributed by atoms with Gasteiger partial charge < -0.3 is 20.9 Å². The van der Waals surface area contributed by atoms with Crippen LogP contribution in [0, 0.1) is 17.3 Å². The second-order valence-corrected chi connectivity index (χ2v) is 8.29. The third-order valence-electron chi connectivity index (χ3n) is 6.29. The van der Waals surface area contributed by atoms with E-state index in [0.717, 1.165) is 32.1 Å². The number of nitrogens with two attached hydrogens (primary N) is 1. The molecule has 4 aliphatic carbocycles. The molecule has 2 unspecified atom stereocenters. The van der Waals surface area contributed by atoms with Crippen molar-refractivity contribution in [3.8, 4) is 5.75 Å². The summed E-state index contributed by atoms with van der Waals surface area (Å²) in [6.45, 7) is 0.0739. The van der Waals surface area contributed by atoms with Crippen molar-refractivity contribution < 1.29 is 19.4 Å². The monoisotopic (exact) mass is 359 g/mol. The van der Waals surface area contributed by atoms with Crippen molar-refractivity contribution in [2.24, 2.45) is 23.0 Å². The second-order valence-electron chi connectivity index (χ2n) is 8.29. The van der Waals surface area contributed by atoms with Gasteiger partial charge in [0.15, 0.2) is 0 Å². The number of hydrogen-bond donors (Lipinski definition) is 3. The first kappa shape index (κ1) is 17.3. The predicted molar refractivity (Wildman–Crippen MR) is 93.3 cm³/mol. The fraction of sp³-hybridized carbons (Fsp3) is 0.632. The molecule has 2 amide bonds. The van der Waals surface area contributed by atoms with E-state index in [4.69, 9.17) is 15.6 Å². The Kier molecular flexibility index (Phi) is 4.14. The average molecular weight is 359 g/mol. The Morgan fingerprint density at radius 1 is 1.31 bits per heavy atom. The number of hydrogen-bond acceptors (Lipinski definition) is 5. The predicted octanol–water partition coefficient (Wildman–Crippen LogP) is 1.01. The van der Waals surface area contributed by atoms with Gasteiger partial charge in [0.2, 0.25) is 5.91 Å². The molecule has 4 saturated carbocycles. The summed E-state index contributed by atoms with van der Waals surface area (Å²) in [5.41, 5.74) is 5.22. The molecule has 4 aliphatic rings. The van der Waals surface area contributed by atoms with Gasteiger partial charge in [-0.3, -0.25) is 14.6 Å². The van der Waals surface area contributed by atoms with Gasteiger partial charge in [-0.1, -0.05) is 0 Å². The van der Waals surface area contributed by atoms with Crippen LogP contribution < -0.4 is 15.8 Å². The molecule has 1 aromatic rings. The van der Waals surface area contributed by atoms with Gasteiger partial charge in [0.05, 0.1) is 12.0 Å². The minimum atomic E-state index is -0.461. The Hall–Kier alpha value is -2.15. The zero-order valence-electron chi connectivity index (χ0n) is 14.7. The number of nitrogens with one attached hydrogen (secondary N) is 1. The van der Waals surface area contributed by atoms with Crippen molar-refractivity contribution in [2.75, 3.05) is 13.2 Å². The maximum atomic E-state index is 12.8. The lowest BCUT2D eigenvalue weighted by atomic mass is 9.46. The highest BCUT2D eigenvalue weighted by atomic mass is 16.5. The van der Waals surface area contributed by atoms with Crippen LogP contribution >= 0.6 is 0 Å². The number of aromatic nitrogens is 1. The Morgan fingerprint density at radius 2 is 2.04 bits per heavy atom. The lowest BCUT2D eigenvalue weighted by molar-refractivity contribution is -0.146. The van der Waals surface area contributed by atoms with Gasteiger partial charge >= 0.3 is 0 Å². The van der Waals surface area contributed by atoms with E-state index in [1.54, 1.807) is 12.1 Å². The Bertz CT molecular complexity index is 721. The van der Waals surface area contributed by atoms with Gasteiger partial charge in [-0.05, 0) is 56.4 Å². The molecule has 0 spiro atoms. The van der Waals surface area contributed by atoms with E-state index in [9.17, 15) is 9.59 Å². The number of nitrogens with zero attached hydrogens (tertiary/aromatic N) is 1. The number of aliphatic hydroxyl groups is 1. The number of rotatable bonds is 6. The van der Waals surface area contributed by atoms with E-state index in [2.05, 4.69) is 10.3 Å². The van der Waals surface area contributed by atoms with Crippen molar-refractivity contribution in [1.82, 2.24) is 10.3 Å². The van der Waals surface area contributed by atoms with Crippen LogP contribution in [-0.2, 0) is 4.79 Å². The van der Waals surface area contributed by atoms with Gasteiger partial charge in [0, 0.05) is 17.8 Å². The molecule has 140 valence electrons. The van der Waals surface area contributed by atoms with Gasteiger partial charge in [-0.25, -0.2) is 0 Å². The number of ether oxygens (including phenoxy) is 1. The summed E-state index contributed by atoms with van der Waals surface area (Å²) < 4.78 is 5.36. The molecule has 4 bridgehead atoms. The molecule has 2 atom stereocenters. The van der Waals surface area contributed by atoms with Gasteiger partial charge in [-0.15, -0.1) is 0 Å². The van der Waals surface area contributed by atoms with Gasteiger partial charge in [0.25, 0.3) is 5.91 Å². The normalized spacial score (nSPS) is 34.5. The van der Waals surface area contributed by atoms with E-state index in [1.165, 1.54) is 6.20 Å². The molecule has 0 aliphatic heterocycles. The summed E-state index contributed by atoms with van der Waals surface area (Å²) in [7, 11) is 0. The smallest absolute Gasteiger partial charge is 0.270 e. The lowest BCUT2D eigenvalue weighted by Gasteiger charge is -2.61. The first-order valence-corrected chi connectivity index (χ1v) is 9.26. The van der Waals surface area contributed by atoms with E-state index in [-0.39, 0.29) is 36.3 Å². The molecule has 0 aromatic carbocycles. The molecule has 5 rings (SSSR count). The summed E-state index contributed by atoms with van der Waals surface area (Å²) in [5, 5.41) is 12.0. The average Bonchev–Trinajstić information content (AvgIpc) is 2.58. The molecule has 1 aromatic heterocycles. The Morgan fingerprint density at radius 3 is 2.69 bits per heavy atom. The zero-order valence-corrected chi connectivity index (χ0v) is 14.7. The van der Waals surface area contributed by atoms with Crippen molar-refractivity contribution in [3.05, 3.63) is 24.0 Å². The van der Waals surface area contributed by atoms with Crippen molar-refractivity contribution in [2.45, 2.75) is 44.1 Å². The summed E-state index contributed by atoms with van der Waals surface area (Å²) in [5.74, 6) is 0.939. The highest BCUT2D eigenvalue weighted by molar-refractivity contribution is 5.93. The van der Waals surface area contributed by atoms with Crippen LogP contribution in [0.25, 0.3) is 0 Å².